The molecule has 19 heavy (non-hydrogen) atoms. The fraction of sp³-hybridized carbons (Fsp3) is 0.933. The van der Waals surface area contributed by atoms with Crippen molar-refractivity contribution < 1.29 is 14.6 Å². The van der Waals surface area contributed by atoms with Crippen LogP contribution in [-0.2, 0) is 4.74 Å². The summed E-state index contributed by atoms with van der Waals surface area (Å²) in [7, 11) is 0. The predicted octanol–water partition coefficient (Wildman–Crippen LogP) is 3.09. The zero-order chi connectivity index (χ0) is 14.3. The van der Waals surface area contributed by atoms with Gasteiger partial charge in [0.25, 0.3) is 0 Å². The maximum absolute atomic E-state index is 11.5. The Morgan fingerprint density at radius 1 is 1.21 bits per heavy atom. The van der Waals surface area contributed by atoms with Crippen molar-refractivity contribution in [2.75, 3.05) is 13.2 Å². The van der Waals surface area contributed by atoms with E-state index in [4.69, 9.17) is 9.84 Å². The van der Waals surface area contributed by atoms with Gasteiger partial charge >= 0.3 is 6.09 Å². The SMILES string of the molecule is CC(C)(C)OC(=O)NCC1CCC(CCCO)CC1. The van der Waals surface area contributed by atoms with Crippen LogP contribution in [0.5, 0.6) is 0 Å². The van der Waals surface area contributed by atoms with Gasteiger partial charge in [0.2, 0.25) is 0 Å². The third-order valence-corrected chi connectivity index (χ3v) is 3.67. The highest BCUT2D eigenvalue weighted by atomic mass is 16.6. The molecule has 0 aliphatic heterocycles. The molecule has 0 saturated heterocycles. The number of ether oxygens (including phenoxy) is 1. The van der Waals surface area contributed by atoms with Crippen molar-refractivity contribution in [3.63, 3.8) is 0 Å². The van der Waals surface area contributed by atoms with Crippen LogP contribution in [0.3, 0.4) is 0 Å². The molecule has 0 heterocycles. The van der Waals surface area contributed by atoms with Gasteiger partial charge in [-0.3, -0.25) is 0 Å². The second kappa shape index (κ2) is 7.73. The standard InChI is InChI=1S/C15H29NO3/c1-15(2,3)19-14(18)16-11-13-8-6-12(7-9-13)5-4-10-17/h12-13,17H,4-11H2,1-3H3,(H,16,18). The Balaban J connectivity index is 2.14. The van der Waals surface area contributed by atoms with Crippen LogP contribution in [0.1, 0.15) is 59.3 Å². The zero-order valence-corrected chi connectivity index (χ0v) is 12.6. The van der Waals surface area contributed by atoms with E-state index in [0.29, 0.717) is 12.5 Å². The van der Waals surface area contributed by atoms with Crippen LogP contribution >= 0.6 is 0 Å². The van der Waals surface area contributed by atoms with E-state index in [-0.39, 0.29) is 6.09 Å². The highest BCUT2D eigenvalue weighted by Gasteiger charge is 2.22. The molecular weight excluding hydrogens is 242 g/mol. The second-order valence-electron chi connectivity index (χ2n) is 6.64. The van der Waals surface area contributed by atoms with Gasteiger partial charge in [-0.05, 0) is 58.3 Å². The van der Waals surface area contributed by atoms with Crippen molar-refractivity contribution in [1.29, 1.82) is 0 Å². The first-order valence-corrected chi connectivity index (χ1v) is 7.48. The Morgan fingerprint density at radius 2 is 1.79 bits per heavy atom. The molecule has 0 spiro atoms. The normalized spacial score (nSPS) is 24.0. The Morgan fingerprint density at radius 3 is 2.32 bits per heavy atom. The van der Waals surface area contributed by atoms with Gasteiger partial charge < -0.3 is 15.2 Å². The Bertz CT molecular complexity index is 265. The summed E-state index contributed by atoms with van der Waals surface area (Å²) in [4.78, 5) is 11.5. The van der Waals surface area contributed by atoms with Gasteiger partial charge in [0.15, 0.2) is 0 Å². The van der Waals surface area contributed by atoms with E-state index in [0.717, 1.165) is 25.3 Å². The van der Waals surface area contributed by atoms with Crippen molar-refractivity contribution >= 4 is 6.09 Å². The van der Waals surface area contributed by atoms with Gasteiger partial charge in [-0.15, -0.1) is 0 Å². The average Bonchev–Trinajstić information content (AvgIpc) is 2.33. The van der Waals surface area contributed by atoms with E-state index in [9.17, 15) is 4.79 Å². The maximum Gasteiger partial charge on any atom is 0.407 e. The van der Waals surface area contributed by atoms with Gasteiger partial charge in [0.05, 0.1) is 0 Å². The summed E-state index contributed by atoms with van der Waals surface area (Å²) < 4.78 is 5.23. The third-order valence-electron chi connectivity index (χ3n) is 3.67. The molecule has 0 aromatic heterocycles. The lowest BCUT2D eigenvalue weighted by atomic mass is 9.80. The topological polar surface area (TPSA) is 58.6 Å². The van der Waals surface area contributed by atoms with Crippen LogP contribution in [0.2, 0.25) is 0 Å². The molecular formula is C15H29NO3. The van der Waals surface area contributed by atoms with Gasteiger partial charge in [-0.1, -0.05) is 12.8 Å². The van der Waals surface area contributed by atoms with E-state index in [1.165, 1.54) is 25.7 Å². The molecule has 0 radical (unpaired) electrons. The van der Waals surface area contributed by atoms with Crippen molar-refractivity contribution in [3.8, 4) is 0 Å². The number of alkyl carbamates (subject to hydrolysis) is 1. The van der Waals surface area contributed by atoms with Crippen LogP contribution in [0, 0.1) is 11.8 Å². The highest BCUT2D eigenvalue weighted by Crippen LogP contribution is 2.31. The first-order valence-electron chi connectivity index (χ1n) is 7.48. The van der Waals surface area contributed by atoms with Crippen molar-refractivity contribution in [2.45, 2.75) is 64.9 Å². The lowest BCUT2D eigenvalue weighted by Gasteiger charge is -2.29. The molecule has 1 saturated carbocycles. The first kappa shape index (κ1) is 16.3. The lowest BCUT2D eigenvalue weighted by Crippen LogP contribution is -2.36. The minimum atomic E-state index is -0.425. The number of nitrogens with one attached hydrogen (secondary N) is 1. The quantitative estimate of drug-likeness (QED) is 0.808. The molecule has 0 bridgehead atoms. The number of rotatable bonds is 5. The van der Waals surface area contributed by atoms with E-state index in [1.54, 1.807) is 0 Å². The summed E-state index contributed by atoms with van der Waals surface area (Å²) in [5.74, 6) is 1.35. The molecule has 1 fully saturated rings. The number of carbonyl (C=O) groups excluding carboxylic acids is 1. The molecule has 1 aliphatic carbocycles. The second-order valence-corrected chi connectivity index (χ2v) is 6.64. The molecule has 1 rings (SSSR count). The van der Waals surface area contributed by atoms with E-state index < -0.39 is 5.60 Å². The molecule has 2 N–H and O–H groups in total. The molecule has 4 heteroatoms. The zero-order valence-electron chi connectivity index (χ0n) is 12.6. The molecule has 1 aliphatic rings. The van der Waals surface area contributed by atoms with Crippen LogP contribution < -0.4 is 5.32 Å². The summed E-state index contributed by atoms with van der Waals surface area (Å²) in [5.41, 5.74) is -0.425. The minimum absolute atomic E-state index is 0.306. The predicted molar refractivity (Wildman–Crippen MR) is 76.0 cm³/mol. The highest BCUT2D eigenvalue weighted by molar-refractivity contribution is 5.67. The minimum Gasteiger partial charge on any atom is -0.444 e. The van der Waals surface area contributed by atoms with Crippen molar-refractivity contribution in [3.05, 3.63) is 0 Å². The maximum atomic E-state index is 11.5. The van der Waals surface area contributed by atoms with Crippen molar-refractivity contribution in [2.24, 2.45) is 11.8 Å². The molecule has 0 aromatic rings. The fourth-order valence-electron chi connectivity index (χ4n) is 2.65. The molecule has 112 valence electrons. The number of amides is 1. The molecule has 1 amide bonds. The van der Waals surface area contributed by atoms with E-state index >= 15 is 0 Å². The van der Waals surface area contributed by atoms with E-state index in [1.807, 2.05) is 20.8 Å². The number of carbonyl (C=O) groups is 1. The Kier molecular flexibility index (Phi) is 6.63. The van der Waals surface area contributed by atoms with Crippen LogP contribution in [0.25, 0.3) is 0 Å². The lowest BCUT2D eigenvalue weighted by molar-refractivity contribution is 0.0513. The monoisotopic (exact) mass is 271 g/mol. The summed E-state index contributed by atoms with van der Waals surface area (Å²) in [6.45, 7) is 6.65. The molecule has 0 atom stereocenters. The summed E-state index contributed by atoms with van der Waals surface area (Å²) >= 11 is 0. The summed E-state index contributed by atoms with van der Waals surface area (Å²) in [5, 5.41) is 11.7. The first-order chi connectivity index (χ1) is 8.90. The smallest absolute Gasteiger partial charge is 0.407 e. The van der Waals surface area contributed by atoms with Gasteiger partial charge in [-0.25, -0.2) is 4.79 Å². The van der Waals surface area contributed by atoms with Crippen molar-refractivity contribution in [1.82, 2.24) is 5.32 Å². The number of aliphatic hydroxyl groups excluding tert-OH is 1. The van der Waals surface area contributed by atoms with Crippen LogP contribution in [-0.4, -0.2) is 30.0 Å². The van der Waals surface area contributed by atoms with Gasteiger partial charge in [0.1, 0.15) is 5.60 Å². The van der Waals surface area contributed by atoms with Crippen LogP contribution in [0.15, 0.2) is 0 Å². The summed E-state index contributed by atoms with van der Waals surface area (Å²) in [6, 6.07) is 0. The van der Waals surface area contributed by atoms with Gasteiger partial charge in [0, 0.05) is 13.2 Å². The molecule has 4 nitrogen and oxygen atoms in total. The molecule has 0 aromatic carbocycles. The fourth-order valence-corrected chi connectivity index (χ4v) is 2.65. The Hall–Kier alpha value is -0.770. The summed E-state index contributed by atoms with van der Waals surface area (Å²) in [6.07, 6.45) is 6.54. The number of aliphatic hydroxyl groups is 1. The number of hydrogen-bond donors (Lipinski definition) is 2. The average molecular weight is 271 g/mol. The van der Waals surface area contributed by atoms with Gasteiger partial charge in [-0.2, -0.15) is 0 Å². The Labute approximate surface area is 116 Å². The molecule has 0 unspecified atom stereocenters. The van der Waals surface area contributed by atoms with Crippen LogP contribution in [0.4, 0.5) is 4.79 Å². The largest absolute Gasteiger partial charge is 0.444 e. The third kappa shape index (κ3) is 7.41. The number of hydrogen-bond acceptors (Lipinski definition) is 3. The van der Waals surface area contributed by atoms with E-state index in [2.05, 4.69) is 5.32 Å².